The van der Waals surface area contributed by atoms with E-state index in [0.717, 1.165) is 4.47 Å². The summed E-state index contributed by atoms with van der Waals surface area (Å²) in [4.78, 5) is 31.5. The second-order valence-corrected chi connectivity index (χ2v) is 6.46. The summed E-state index contributed by atoms with van der Waals surface area (Å²) in [5.41, 5.74) is 1.77. The van der Waals surface area contributed by atoms with Crippen LogP contribution in [0.15, 0.2) is 70.5 Å². The summed E-state index contributed by atoms with van der Waals surface area (Å²) in [5.74, 6) is -0.383. The summed E-state index contributed by atoms with van der Waals surface area (Å²) in [7, 11) is 0. The summed E-state index contributed by atoms with van der Waals surface area (Å²) in [6, 6.07) is 13.9. The minimum atomic E-state index is -0.383. The van der Waals surface area contributed by atoms with Crippen LogP contribution >= 0.6 is 15.9 Å². The molecule has 0 bridgehead atoms. The van der Waals surface area contributed by atoms with Crippen LogP contribution in [0.3, 0.4) is 0 Å². The second kappa shape index (κ2) is 6.57. The lowest BCUT2D eigenvalue weighted by molar-refractivity contribution is 0.102. The zero-order valence-corrected chi connectivity index (χ0v) is 14.9. The van der Waals surface area contributed by atoms with Crippen LogP contribution in [-0.2, 0) is 0 Å². The first-order chi connectivity index (χ1) is 12.6. The van der Waals surface area contributed by atoms with Crippen LogP contribution in [0.4, 0.5) is 5.69 Å². The molecular formula is C18H12BrN5O2. The molecule has 0 saturated heterocycles. The molecule has 0 spiro atoms. The van der Waals surface area contributed by atoms with Crippen molar-refractivity contribution in [3.63, 3.8) is 0 Å². The van der Waals surface area contributed by atoms with Gasteiger partial charge in [-0.2, -0.15) is 5.10 Å². The number of hydrogen-bond acceptors (Lipinski definition) is 4. The van der Waals surface area contributed by atoms with Crippen LogP contribution in [-0.4, -0.2) is 25.7 Å². The van der Waals surface area contributed by atoms with Crippen LogP contribution in [0.25, 0.3) is 16.6 Å². The number of carbonyl (C=O) groups is 1. The van der Waals surface area contributed by atoms with Crippen molar-refractivity contribution in [2.75, 3.05) is 5.32 Å². The minimum absolute atomic E-state index is 0.300. The Kier molecular flexibility index (Phi) is 4.10. The highest BCUT2D eigenvalue weighted by molar-refractivity contribution is 9.10. The van der Waals surface area contributed by atoms with E-state index in [9.17, 15) is 9.59 Å². The summed E-state index contributed by atoms with van der Waals surface area (Å²) in [6.45, 7) is 0. The number of aromatic nitrogens is 4. The maximum absolute atomic E-state index is 12.9. The molecule has 1 amide bonds. The van der Waals surface area contributed by atoms with Gasteiger partial charge in [-0.15, -0.1) is 0 Å². The van der Waals surface area contributed by atoms with E-state index in [1.807, 2.05) is 18.2 Å². The van der Waals surface area contributed by atoms with Gasteiger partial charge >= 0.3 is 0 Å². The van der Waals surface area contributed by atoms with Gasteiger partial charge in [-0.1, -0.05) is 34.1 Å². The van der Waals surface area contributed by atoms with Crippen LogP contribution < -0.4 is 10.9 Å². The van der Waals surface area contributed by atoms with Gasteiger partial charge in [-0.25, -0.2) is 9.67 Å². The lowest BCUT2D eigenvalue weighted by atomic mass is 10.1. The summed E-state index contributed by atoms with van der Waals surface area (Å²) >= 11 is 3.41. The fourth-order valence-corrected chi connectivity index (χ4v) is 3.08. The smallest absolute Gasteiger partial charge is 0.256 e. The molecule has 0 aliphatic heterocycles. The number of halogens is 1. The lowest BCUT2D eigenvalue weighted by Gasteiger charge is -2.12. The highest BCUT2D eigenvalue weighted by Crippen LogP contribution is 2.25. The van der Waals surface area contributed by atoms with Crippen molar-refractivity contribution in [1.82, 2.24) is 19.7 Å². The fourth-order valence-electron chi connectivity index (χ4n) is 2.72. The van der Waals surface area contributed by atoms with Crippen molar-refractivity contribution >= 4 is 38.4 Å². The number of benzene rings is 2. The highest BCUT2D eigenvalue weighted by atomic mass is 79.9. The average Bonchev–Trinajstić information content (AvgIpc) is 3.15. The molecule has 0 unspecified atom stereocenters. The van der Waals surface area contributed by atoms with Gasteiger partial charge in [0, 0.05) is 21.4 Å². The van der Waals surface area contributed by atoms with E-state index in [1.165, 1.54) is 12.4 Å². The Bertz CT molecular complexity index is 1170. The molecule has 8 heteroatoms. The third-order valence-corrected chi connectivity index (χ3v) is 4.36. The zero-order valence-electron chi connectivity index (χ0n) is 13.3. The average molecular weight is 410 g/mol. The molecule has 2 aromatic heterocycles. The van der Waals surface area contributed by atoms with Gasteiger partial charge in [0.25, 0.3) is 5.91 Å². The number of aromatic amines is 1. The molecule has 0 aliphatic carbocycles. The first-order valence-corrected chi connectivity index (χ1v) is 8.49. The van der Waals surface area contributed by atoms with Gasteiger partial charge in [0.05, 0.1) is 16.9 Å². The Morgan fingerprint density at radius 3 is 2.81 bits per heavy atom. The molecule has 4 rings (SSSR count). The number of para-hydroxylation sites is 1. The standard InChI is InChI=1S/C18H12BrN5O2/c19-11-5-6-16(24-10-20-9-21-24)15(7-11)23-18(26)13-8-17(25)22-14-4-2-1-3-12(13)14/h1-10H,(H,22,25)(H,23,26). The van der Waals surface area contributed by atoms with Crippen LogP contribution in [0.1, 0.15) is 10.4 Å². The number of carbonyl (C=O) groups excluding carboxylic acids is 1. The van der Waals surface area contributed by atoms with Gasteiger partial charge in [0.2, 0.25) is 5.56 Å². The molecule has 0 atom stereocenters. The SMILES string of the molecule is O=C(Nc1cc(Br)ccc1-n1cncn1)c1cc(=O)[nH]c2ccccc12. The number of pyridine rings is 1. The van der Waals surface area contributed by atoms with Crippen molar-refractivity contribution in [1.29, 1.82) is 0 Å². The third-order valence-electron chi connectivity index (χ3n) is 3.87. The number of anilines is 1. The molecule has 2 aromatic carbocycles. The van der Waals surface area contributed by atoms with E-state index in [4.69, 9.17) is 0 Å². The second-order valence-electron chi connectivity index (χ2n) is 5.55. The Balaban J connectivity index is 1.79. The fraction of sp³-hybridized carbons (Fsp3) is 0. The predicted octanol–water partition coefficient (Wildman–Crippen LogP) is 3.12. The Morgan fingerprint density at radius 1 is 1.15 bits per heavy atom. The molecule has 4 aromatic rings. The van der Waals surface area contributed by atoms with E-state index in [-0.39, 0.29) is 11.5 Å². The number of rotatable bonds is 3. The summed E-state index contributed by atoms with van der Waals surface area (Å²) in [5, 5.41) is 7.64. The number of fused-ring (bicyclic) bond motifs is 1. The molecule has 0 aliphatic rings. The van der Waals surface area contributed by atoms with E-state index >= 15 is 0 Å². The van der Waals surface area contributed by atoms with Crippen molar-refractivity contribution in [3.8, 4) is 5.69 Å². The Labute approximate surface area is 155 Å². The van der Waals surface area contributed by atoms with Crippen molar-refractivity contribution in [2.45, 2.75) is 0 Å². The number of nitrogens with one attached hydrogen (secondary N) is 2. The van der Waals surface area contributed by atoms with Gasteiger partial charge in [-0.05, 0) is 24.3 Å². The van der Waals surface area contributed by atoms with Crippen LogP contribution in [0.2, 0.25) is 0 Å². The van der Waals surface area contributed by atoms with Crippen molar-refractivity contribution in [3.05, 3.63) is 81.6 Å². The number of nitrogens with zero attached hydrogens (tertiary/aromatic N) is 3. The van der Waals surface area contributed by atoms with E-state index < -0.39 is 0 Å². The van der Waals surface area contributed by atoms with Crippen molar-refractivity contribution in [2.24, 2.45) is 0 Å². The van der Waals surface area contributed by atoms with Crippen LogP contribution in [0, 0.1) is 0 Å². The third kappa shape index (κ3) is 3.02. The zero-order chi connectivity index (χ0) is 18.1. The van der Waals surface area contributed by atoms with Gasteiger partial charge in [0.15, 0.2) is 0 Å². The molecule has 0 radical (unpaired) electrons. The van der Waals surface area contributed by atoms with Crippen LogP contribution in [0.5, 0.6) is 0 Å². The molecule has 0 saturated carbocycles. The monoisotopic (exact) mass is 409 g/mol. The van der Waals surface area contributed by atoms with Gasteiger partial charge < -0.3 is 10.3 Å². The van der Waals surface area contributed by atoms with Crippen molar-refractivity contribution < 1.29 is 4.79 Å². The maximum Gasteiger partial charge on any atom is 0.256 e. The molecule has 2 heterocycles. The molecule has 2 N–H and O–H groups in total. The summed E-state index contributed by atoms with van der Waals surface area (Å²) in [6.07, 6.45) is 2.96. The minimum Gasteiger partial charge on any atom is -0.322 e. The predicted molar refractivity (Wildman–Crippen MR) is 102 cm³/mol. The lowest BCUT2D eigenvalue weighted by Crippen LogP contribution is -2.18. The topological polar surface area (TPSA) is 92.7 Å². The molecule has 128 valence electrons. The first kappa shape index (κ1) is 16.2. The summed E-state index contributed by atoms with van der Waals surface area (Å²) < 4.78 is 2.35. The highest BCUT2D eigenvalue weighted by Gasteiger charge is 2.15. The quantitative estimate of drug-likeness (QED) is 0.543. The van der Waals surface area contributed by atoms with Gasteiger partial charge in [-0.3, -0.25) is 9.59 Å². The Morgan fingerprint density at radius 2 is 2.00 bits per heavy atom. The number of H-pyrrole nitrogens is 1. The molecule has 26 heavy (non-hydrogen) atoms. The normalized spacial score (nSPS) is 10.8. The van der Waals surface area contributed by atoms with E-state index in [1.54, 1.807) is 35.3 Å². The number of hydrogen-bond donors (Lipinski definition) is 2. The molecule has 0 fully saturated rings. The first-order valence-electron chi connectivity index (χ1n) is 7.70. The molecular weight excluding hydrogens is 398 g/mol. The van der Waals surface area contributed by atoms with E-state index in [2.05, 4.69) is 36.3 Å². The largest absolute Gasteiger partial charge is 0.322 e. The maximum atomic E-state index is 12.9. The molecule has 7 nitrogen and oxygen atoms in total. The van der Waals surface area contributed by atoms with E-state index in [0.29, 0.717) is 27.8 Å². The number of amides is 1. The Hall–Kier alpha value is -3.26. The van der Waals surface area contributed by atoms with Gasteiger partial charge in [0.1, 0.15) is 12.7 Å².